The van der Waals surface area contributed by atoms with E-state index in [-0.39, 0.29) is 16.8 Å². The highest BCUT2D eigenvalue weighted by Crippen LogP contribution is 2.28. The molecule has 1 aliphatic heterocycles. The maximum absolute atomic E-state index is 10.7. The number of morpholine rings is 1. The Morgan fingerprint density at radius 1 is 1.56 bits per heavy atom. The predicted octanol–water partition coefficient (Wildman–Crippen LogP) is 1.91. The highest BCUT2D eigenvalue weighted by molar-refractivity contribution is 6.32. The van der Waals surface area contributed by atoms with Crippen LogP contribution in [0.25, 0.3) is 0 Å². The van der Waals surface area contributed by atoms with Crippen molar-refractivity contribution in [1.29, 1.82) is 0 Å². The quantitative estimate of drug-likeness (QED) is 0.636. The number of rotatable bonds is 2. The predicted molar refractivity (Wildman–Crippen MR) is 59.7 cm³/mol. The smallest absolute Gasteiger partial charge is 0.288 e. The van der Waals surface area contributed by atoms with Gasteiger partial charge in [-0.1, -0.05) is 17.7 Å². The van der Waals surface area contributed by atoms with E-state index in [1.807, 2.05) is 0 Å². The van der Waals surface area contributed by atoms with Crippen LogP contribution in [-0.2, 0) is 4.74 Å². The molecule has 1 heterocycles. The molecule has 1 aromatic rings. The Labute approximate surface area is 97.5 Å². The van der Waals surface area contributed by atoms with Gasteiger partial charge in [0.2, 0.25) is 0 Å². The third-order valence-corrected chi connectivity index (χ3v) is 2.81. The van der Waals surface area contributed by atoms with Gasteiger partial charge < -0.3 is 10.1 Å². The van der Waals surface area contributed by atoms with Crippen molar-refractivity contribution < 1.29 is 9.66 Å². The molecule has 0 amide bonds. The summed E-state index contributed by atoms with van der Waals surface area (Å²) in [5.74, 6) is 0. The molecule has 1 aromatic carbocycles. The molecule has 1 N–H and O–H groups in total. The lowest BCUT2D eigenvalue weighted by Gasteiger charge is -2.24. The average molecular weight is 243 g/mol. The Hall–Kier alpha value is -1.17. The molecule has 1 fully saturated rings. The average Bonchev–Trinajstić information content (AvgIpc) is 2.30. The number of nitrogens with one attached hydrogen (secondary N) is 1. The summed E-state index contributed by atoms with van der Waals surface area (Å²) in [4.78, 5) is 10.2. The van der Waals surface area contributed by atoms with Gasteiger partial charge in [-0.2, -0.15) is 0 Å². The molecule has 0 aromatic heterocycles. The van der Waals surface area contributed by atoms with Crippen molar-refractivity contribution >= 4 is 17.3 Å². The lowest BCUT2D eigenvalue weighted by Crippen LogP contribution is -2.34. The zero-order chi connectivity index (χ0) is 11.5. The summed E-state index contributed by atoms with van der Waals surface area (Å²) < 4.78 is 5.30. The molecule has 1 aliphatic rings. The second-order valence-corrected chi connectivity index (χ2v) is 3.96. The van der Waals surface area contributed by atoms with Crippen LogP contribution < -0.4 is 5.32 Å². The Bertz CT molecular complexity index is 405. The minimum atomic E-state index is -0.477. The first-order valence-electron chi connectivity index (χ1n) is 4.93. The molecule has 0 unspecified atom stereocenters. The number of nitro benzene ring substituents is 1. The first-order chi connectivity index (χ1) is 7.68. The van der Waals surface area contributed by atoms with Gasteiger partial charge in [0.25, 0.3) is 5.69 Å². The van der Waals surface area contributed by atoms with Crippen LogP contribution in [0.5, 0.6) is 0 Å². The summed E-state index contributed by atoms with van der Waals surface area (Å²) in [6.07, 6.45) is 0. The largest absolute Gasteiger partial charge is 0.378 e. The van der Waals surface area contributed by atoms with Gasteiger partial charge in [-0.25, -0.2) is 0 Å². The van der Waals surface area contributed by atoms with Gasteiger partial charge in [0.15, 0.2) is 0 Å². The molecule has 0 radical (unpaired) electrons. The van der Waals surface area contributed by atoms with E-state index < -0.39 is 4.92 Å². The Balaban J connectivity index is 2.27. The summed E-state index contributed by atoms with van der Waals surface area (Å²) in [5.41, 5.74) is 0.766. The van der Waals surface area contributed by atoms with Gasteiger partial charge in [-0.3, -0.25) is 10.1 Å². The van der Waals surface area contributed by atoms with Gasteiger partial charge in [0.05, 0.1) is 24.2 Å². The molecule has 1 saturated heterocycles. The maximum Gasteiger partial charge on any atom is 0.288 e. The van der Waals surface area contributed by atoms with Gasteiger partial charge in [0.1, 0.15) is 5.02 Å². The molecule has 1 atom stereocenters. The van der Waals surface area contributed by atoms with E-state index in [0.29, 0.717) is 13.2 Å². The molecule has 6 heteroatoms. The fourth-order valence-electron chi connectivity index (χ4n) is 1.67. The van der Waals surface area contributed by atoms with Crippen LogP contribution in [0.3, 0.4) is 0 Å². The van der Waals surface area contributed by atoms with Crippen molar-refractivity contribution in [2.75, 3.05) is 19.8 Å². The van der Waals surface area contributed by atoms with Crippen LogP contribution in [0, 0.1) is 10.1 Å². The second-order valence-electron chi connectivity index (χ2n) is 3.55. The maximum atomic E-state index is 10.7. The first-order valence-corrected chi connectivity index (χ1v) is 5.31. The molecule has 2 rings (SSSR count). The summed E-state index contributed by atoms with van der Waals surface area (Å²) in [5, 5.41) is 14.1. The molecule has 0 bridgehead atoms. The SMILES string of the molecule is O=[N+]([O-])c1cc([C@H]2COCCN2)ccc1Cl. The van der Waals surface area contributed by atoms with E-state index in [2.05, 4.69) is 5.32 Å². The fraction of sp³-hybridized carbons (Fsp3) is 0.400. The van der Waals surface area contributed by atoms with Crippen LogP contribution in [0.1, 0.15) is 11.6 Å². The molecule has 0 aliphatic carbocycles. The molecular weight excluding hydrogens is 232 g/mol. The Kier molecular flexibility index (Phi) is 3.38. The molecule has 86 valence electrons. The third kappa shape index (κ3) is 2.32. The number of hydrogen-bond donors (Lipinski definition) is 1. The van der Waals surface area contributed by atoms with E-state index in [1.165, 1.54) is 6.07 Å². The van der Waals surface area contributed by atoms with Crippen molar-refractivity contribution in [2.24, 2.45) is 0 Å². The first kappa shape index (κ1) is 11.3. The van der Waals surface area contributed by atoms with Crippen LogP contribution in [0.15, 0.2) is 18.2 Å². The number of benzene rings is 1. The van der Waals surface area contributed by atoms with Crippen molar-refractivity contribution in [3.63, 3.8) is 0 Å². The number of hydrogen-bond acceptors (Lipinski definition) is 4. The zero-order valence-corrected chi connectivity index (χ0v) is 9.24. The summed E-state index contributed by atoms with van der Waals surface area (Å²) in [7, 11) is 0. The molecule has 0 saturated carbocycles. The molecular formula is C10H11ClN2O3. The third-order valence-electron chi connectivity index (χ3n) is 2.49. The lowest BCUT2D eigenvalue weighted by atomic mass is 10.1. The van der Waals surface area contributed by atoms with Crippen LogP contribution in [0.4, 0.5) is 5.69 Å². The number of nitro groups is 1. The standard InChI is InChI=1S/C10H11ClN2O3/c11-8-2-1-7(5-10(8)13(14)15)9-6-16-4-3-12-9/h1-2,5,9,12H,3-4,6H2/t9-/m1/s1. The monoisotopic (exact) mass is 242 g/mol. The van der Waals surface area contributed by atoms with Gasteiger partial charge in [-0.15, -0.1) is 0 Å². The number of nitrogens with zero attached hydrogens (tertiary/aromatic N) is 1. The van der Waals surface area contributed by atoms with E-state index in [9.17, 15) is 10.1 Å². The summed E-state index contributed by atoms with van der Waals surface area (Å²) in [6, 6.07) is 4.83. The van der Waals surface area contributed by atoms with Gasteiger partial charge in [-0.05, 0) is 11.6 Å². The van der Waals surface area contributed by atoms with Gasteiger partial charge >= 0.3 is 0 Å². The topological polar surface area (TPSA) is 64.4 Å². The fourth-order valence-corrected chi connectivity index (χ4v) is 1.85. The van der Waals surface area contributed by atoms with Gasteiger partial charge in [0, 0.05) is 12.6 Å². The van der Waals surface area contributed by atoms with E-state index in [4.69, 9.17) is 16.3 Å². The zero-order valence-electron chi connectivity index (χ0n) is 8.48. The highest BCUT2D eigenvalue weighted by Gasteiger charge is 2.19. The number of ether oxygens (including phenoxy) is 1. The van der Waals surface area contributed by atoms with Crippen molar-refractivity contribution in [3.05, 3.63) is 38.9 Å². The van der Waals surface area contributed by atoms with Crippen LogP contribution >= 0.6 is 11.6 Å². The normalized spacial score (nSPS) is 20.7. The van der Waals surface area contributed by atoms with Crippen molar-refractivity contribution in [3.8, 4) is 0 Å². The van der Waals surface area contributed by atoms with Crippen molar-refractivity contribution in [1.82, 2.24) is 5.32 Å². The number of halogens is 1. The van der Waals surface area contributed by atoms with Crippen molar-refractivity contribution in [2.45, 2.75) is 6.04 Å². The minimum Gasteiger partial charge on any atom is -0.378 e. The van der Waals surface area contributed by atoms with Crippen LogP contribution in [0.2, 0.25) is 5.02 Å². The Morgan fingerprint density at radius 3 is 3.00 bits per heavy atom. The second kappa shape index (κ2) is 4.78. The summed E-state index contributed by atoms with van der Waals surface area (Å²) in [6.45, 7) is 1.95. The van der Waals surface area contributed by atoms with E-state index >= 15 is 0 Å². The van der Waals surface area contributed by atoms with E-state index in [0.717, 1.165) is 12.1 Å². The molecule has 16 heavy (non-hydrogen) atoms. The molecule has 0 spiro atoms. The van der Waals surface area contributed by atoms with E-state index in [1.54, 1.807) is 12.1 Å². The van der Waals surface area contributed by atoms with Crippen LogP contribution in [-0.4, -0.2) is 24.7 Å². The lowest BCUT2D eigenvalue weighted by molar-refractivity contribution is -0.384. The molecule has 5 nitrogen and oxygen atoms in total. The Morgan fingerprint density at radius 2 is 2.38 bits per heavy atom. The highest BCUT2D eigenvalue weighted by atomic mass is 35.5. The summed E-state index contributed by atoms with van der Waals surface area (Å²) >= 11 is 5.74. The minimum absolute atomic E-state index is 0.00437.